The molecule has 9 aromatic carbocycles. The van der Waals surface area contributed by atoms with Gasteiger partial charge in [-0.25, -0.2) is 34.9 Å². The lowest BCUT2D eigenvalue weighted by Gasteiger charge is -2.44. The number of ether oxygens (including phenoxy) is 2. The van der Waals surface area contributed by atoms with Crippen LogP contribution in [-0.4, -0.2) is 127 Å². The molecule has 3 aliphatic heterocycles. The van der Waals surface area contributed by atoms with Gasteiger partial charge in [0.2, 0.25) is 38.2 Å². The Bertz CT molecular complexity index is 6380. The van der Waals surface area contributed by atoms with E-state index >= 15 is 0 Å². The molecule has 0 bridgehead atoms. The Kier molecular flexibility index (Phi) is 29.6. The fraction of sp³-hybridized carbons (Fsp3) is 0.149. The summed E-state index contributed by atoms with van der Waals surface area (Å²) >= 11 is 61.1. The van der Waals surface area contributed by atoms with E-state index in [1.807, 2.05) is 132 Å². The number of amides is 2. The molecule has 0 saturated heterocycles. The zero-order valence-corrected chi connectivity index (χ0v) is 76.4. The molecule has 2 amide bonds. The second-order valence-electron chi connectivity index (χ2n) is 29.0. The minimum absolute atomic E-state index is 0.0150. The normalized spacial score (nSPS) is 12.4. The van der Waals surface area contributed by atoms with Crippen molar-refractivity contribution in [2.45, 2.75) is 55.1 Å². The molecule has 0 aliphatic carbocycles. The number of aromatic nitrogens is 14. The highest BCUT2D eigenvalue weighted by atomic mass is 35.5. The average molecular weight is 1930 g/mol. The van der Waals surface area contributed by atoms with Crippen LogP contribution in [-0.2, 0) is 45.3 Å². The van der Waals surface area contributed by atoms with E-state index in [9.17, 15) is 19.2 Å². The number of rotatable bonds is 20. The van der Waals surface area contributed by atoms with Gasteiger partial charge >= 0.3 is 11.9 Å². The Balaban J connectivity index is 0.000000130. The van der Waals surface area contributed by atoms with Crippen molar-refractivity contribution < 1.29 is 28.7 Å². The largest absolute Gasteiger partial charge is 0.469 e. The number of methoxy groups -OCH3 is 2. The van der Waals surface area contributed by atoms with Crippen LogP contribution >= 0.6 is 116 Å². The smallest absolute Gasteiger partial charge is 0.305 e. The van der Waals surface area contributed by atoms with Gasteiger partial charge in [-0.15, -0.1) is 0 Å². The van der Waals surface area contributed by atoms with Gasteiger partial charge in [0.05, 0.1) is 40.2 Å². The molecule has 3 N–H and O–H groups in total. The van der Waals surface area contributed by atoms with Gasteiger partial charge in [0, 0.05) is 25.7 Å². The Labute approximate surface area is 795 Å². The number of imidazole rings is 2. The Hall–Kier alpha value is -12.7. The van der Waals surface area contributed by atoms with Crippen molar-refractivity contribution in [3.8, 4) is 0 Å². The van der Waals surface area contributed by atoms with Crippen LogP contribution in [0.2, 0.25) is 52.2 Å². The molecule has 0 unspecified atom stereocenters. The Morgan fingerprint density at radius 1 is 0.354 bits per heavy atom. The maximum absolute atomic E-state index is 13.6. The van der Waals surface area contributed by atoms with E-state index in [0.29, 0.717) is 81.5 Å². The number of benzene rings is 9. The Morgan fingerprint density at radius 3 is 1.15 bits per heavy atom. The molecule has 26 nitrogen and oxygen atoms in total. The van der Waals surface area contributed by atoms with Gasteiger partial charge in [0.15, 0.2) is 54.5 Å². The number of halogens is 10. The first-order valence-corrected chi connectivity index (χ1v) is 44.0. The second kappa shape index (κ2) is 41.8. The van der Waals surface area contributed by atoms with E-state index < -0.39 is 16.6 Å². The van der Waals surface area contributed by atoms with Crippen LogP contribution in [0.3, 0.4) is 0 Å². The number of anilines is 6. The number of aromatic amines is 1. The molecule has 656 valence electrons. The van der Waals surface area contributed by atoms with Gasteiger partial charge in [-0.1, -0.05) is 331 Å². The summed E-state index contributed by atoms with van der Waals surface area (Å²) in [5, 5.41) is 7.62. The maximum atomic E-state index is 13.6. The van der Waals surface area contributed by atoms with Crippen molar-refractivity contribution >= 4 is 197 Å². The minimum Gasteiger partial charge on any atom is -0.469 e. The van der Waals surface area contributed by atoms with Crippen molar-refractivity contribution in [3.05, 3.63) is 388 Å². The van der Waals surface area contributed by atoms with Crippen LogP contribution in [0.25, 0.3) is 22.3 Å². The van der Waals surface area contributed by atoms with Gasteiger partial charge in [0.25, 0.3) is 0 Å². The van der Waals surface area contributed by atoms with E-state index in [4.69, 9.17) is 121 Å². The minimum atomic E-state index is -0.902. The zero-order chi connectivity index (χ0) is 91.1. The Morgan fingerprint density at radius 2 is 0.715 bits per heavy atom. The standard InChI is InChI=1S/C30H26Cl2N4O3.C24H18Cl2N4.C24H16Cl2N4.C11H12Cl2N4O3.C5H2Cl2N4/c1-39-25(38)19-11-18-24(37)35-20-36(28-26(35)27(31)33-29(32)34-28)30(21-12-5-2-6-13-21,22-14-7-3-8-15-22)23-16-9-4-10-17-23;2*25-21-20-22(29-23(26)28-21)30(16-27-20)24(17-10-4-1-5-11-17,18-12-6-2-7-13-18)19-14-8-3-9-15-19;1-20-7(19)4-2-3-6(18)17-5-14-10-8(17)9(12)15-11(13)16-10;6-3-2-4(9-1-8-2)11-5(7)10-3/h2-10,12-17H,11,18-20H2,1H3;1-15,27H,16H2;1-16H;2-5H2,1H3,(H,14,15,16);1H,(H,8,9,10,11). The van der Waals surface area contributed by atoms with Crippen molar-refractivity contribution in [2.75, 3.05) is 64.5 Å². The molecule has 0 radical (unpaired) electrons. The van der Waals surface area contributed by atoms with Gasteiger partial charge in [-0.05, 0) is 121 Å². The quantitative estimate of drug-likeness (QED) is 0.0276. The third-order valence-electron chi connectivity index (χ3n) is 21.6. The number of nitrogens with one attached hydrogen (secondary N) is 3. The molecular formula is C94H74Cl10N20O6. The van der Waals surface area contributed by atoms with Crippen molar-refractivity contribution in [1.29, 1.82) is 0 Å². The molecular weight excluding hydrogens is 1860 g/mol. The van der Waals surface area contributed by atoms with Crippen LogP contribution in [0.4, 0.5) is 34.5 Å². The number of carbonyl (C=O) groups excluding carboxylic acids is 4. The summed E-state index contributed by atoms with van der Waals surface area (Å²) in [4.78, 5) is 108. The first-order valence-electron chi connectivity index (χ1n) is 40.2. The summed E-state index contributed by atoms with van der Waals surface area (Å²) in [6.45, 7) is 0.893. The lowest BCUT2D eigenvalue weighted by atomic mass is 9.75. The summed E-state index contributed by atoms with van der Waals surface area (Å²) in [6.07, 6.45) is 4.65. The van der Waals surface area contributed by atoms with E-state index in [1.54, 1.807) is 11.2 Å². The summed E-state index contributed by atoms with van der Waals surface area (Å²) in [5.74, 6) is 0.457. The summed E-state index contributed by atoms with van der Waals surface area (Å²) in [6, 6.07) is 92.3. The number of hydrogen-bond acceptors (Lipinski definition) is 22. The monoisotopic (exact) mass is 1930 g/mol. The first kappa shape index (κ1) is 92.0. The second-order valence-corrected chi connectivity index (χ2v) is 32.4. The lowest BCUT2D eigenvalue weighted by Crippen LogP contribution is -2.50. The lowest BCUT2D eigenvalue weighted by molar-refractivity contribution is -0.141. The van der Waals surface area contributed by atoms with Crippen LogP contribution in [0, 0.1) is 0 Å². The molecule has 7 aromatic heterocycles. The molecule has 0 saturated carbocycles. The molecule has 19 rings (SSSR count). The highest BCUT2D eigenvalue weighted by Gasteiger charge is 2.51. The molecule has 16 aromatic rings. The molecule has 130 heavy (non-hydrogen) atoms. The fourth-order valence-corrected chi connectivity index (χ4v) is 18.3. The van der Waals surface area contributed by atoms with E-state index in [0.717, 1.165) is 50.1 Å². The van der Waals surface area contributed by atoms with Gasteiger partial charge in [-0.2, -0.15) is 24.9 Å². The molecule has 3 aliphatic rings. The van der Waals surface area contributed by atoms with Gasteiger partial charge in [0.1, 0.15) is 51.4 Å². The fourth-order valence-electron chi connectivity index (χ4n) is 16.1. The van der Waals surface area contributed by atoms with Crippen LogP contribution < -0.4 is 30.2 Å². The highest BCUT2D eigenvalue weighted by molar-refractivity contribution is 6.38. The summed E-state index contributed by atoms with van der Waals surface area (Å²) in [7, 11) is 2.64. The zero-order valence-electron chi connectivity index (χ0n) is 68.8. The first-order chi connectivity index (χ1) is 63.2. The number of fused-ring (bicyclic) bond motifs is 5. The molecule has 10 heterocycles. The predicted molar refractivity (Wildman–Crippen MR) is 510 cm³/mol. The number of hydrogen-bond donors (Lipinski definition) is 3. The highest BCUT2D eigenvalue weighted by Crippen LogP contribution is 2.54. The molecule has 0 atom stereocenters. The van der Waals surface area contributed by atoms with Crippen LogP contribution in [0.15, 0.2) is 286 Å². The third-order valence-corrected chi connectivity index (χ3v) is 23.8. The van der Waals surface area contributed by atoms with E-state index in [2.05, 4.69) is 236 Å². The number of esters is 2. The van der Waals surface area contributed by atoms with E-state index in [1.165, 1.54) is 25.4 Å². The van der Waals surface area contributed by atoms with Crippen molar-refractivity contribution in [3.63, 3.8) is 0 Å². The van der Waals surface area contributed by atoms with Gasteiger partial charge < -0.3 is 34.9 Å². The third kappa shape index (κ3) is 19.2. The average Bonchev–Trinajstić information content (AvgIpc) is 1.50. The molecule has 0 spiro atoms. The SMILES string of the molecule is COC(=O)CCCC(=O)N1CN(C(c2ccccc2)(c2ccccc2)c2ccccc2)c2nc(Cl)nc(Cl)c21.COC(=O)CCCC(=O)N1CNc2nc(Cl)nc(Cl)c21.Clc1nc(Cl)c2[nH]cnc2n1.Clc1nc(Cl)c2c(n1)N(C(c1ccccc1)(c1ccccc1)c1ccccc1)CN2.Clc1nc(Cl)c2ncn(C(c3ccccc3)(c3ccccc3)c3ccccc3)c2n1. The maximum Gasteiger partial charge on any atom is 0.305 e. The van der Waals surface area contributed by atoms with Gasteiger partial charge in [-0.3, -0.25) is 33.5 Å². The molecule has 0 fully saturated rings. The number of nitrogens with zero attached hydrogens (tertiary/aromatic N) is 17. The van der Waals surface area contributed by atoms with E-state index in [-0.39, 0.29) is 110 Å². The summed E-state index contributed by atoms with van der Waals surface area (Å²) in [5.41, 5.74) is 10.8. The number of carbonyl (C=O) groups is 4. The summed E-state index contributed by atoms with van der Waals surface area (Å²) < 4.78 is 11.3. The van der Waals surface area contributed by atoms with Crippen LogP contribution in [0.5, 0.6) is 0 Å². The topological polar surface area (TPSA) is 299 Å². The molecule has 36 heteroatoms. The van der Waals surface area contributed by atoms with Crippen LogP contribution in [0.1, 0.15) is 88.6 Å². The number of H-pyrrole nitrogens is 1. The van der Waals surface area contributed by atoms with Crippen molar-refractivity contribution in [1.82, 2.24) is 69.4 Å². The van der Waals surface area contributed by atoms with Crippen molar-refractivity contribution in [2.24, 2.45) is 0 Å². The predicted octanol–water partition coefficient (Wildman–Crippen LogP) is 21.7.